The summed E-state index contributed by atoms with van der Waals surface area (Å²) in [7, 11) is 0. The first-order chi connectivity index (χ1) is 10.2. The second-order valence-electron chi connectivity index (χ2n) is 5.07. The molecule has 0 bridgehead atoms. The van der Waals surface area contributed by atoms with Crippen LogP contribution in [0.2, 0.25) is 10.0 Å². The van der Waals surface area contributed by atoms with Crippen LogP contribution in [-0.2, 0) is 17.9 Å². The fraction of sp³-hybridized carbons (Fsp3) is 0.438. The van der Waals surface area contributed by atoms with Crippen molar-refractivity contribution in [1.82, 2.24) is 9.55 Å². The van der Waals surface area contributed by atoms with E-state index in [4.69, 9.17) is 27.9 Å². The summed E-state index contributed by atoms with van der Waals surface area (Å²) in [6.07, 6.45) is 9.05. The molecule has 2 aromatic rings. The second-order valence-corrected chi connectivity index (χ2v) is 5.91. The quantitative estimate of drug-likeness (QED) is 0.685. The Morgan fingerprint density at radius 3 is 2.86 bits per heavy atom. The summed E-state index contributed by atoms with van der Waals surface area (Å²) in [5.74, 6) is 0. The maximum absolute atomic E-state index is 6.18. The van der Waals surface area contributed by atoms with E-state index in [2.05, 4.69) is 11.9 Å². The van der Waals surface area contributed by atoms with Crippen LogP contribution >= 0.6 is 23.2 Å². The first kappa shape index (κ1) is 16.3. The average molecular weight is 327 g/mol. The lowest BCUT2D eigenvalue weighted by atomic mass is 10.1. The van der Waals surface area contributed by atoms with Gasteiger partial charge in [0, 0.05) is 29.0 Å². The number of aromatic nitrogens is 2. The molecule has 1 aromatic heterocycles. The Hall–Kier alpha value is -1.03. The highest BCUT2D eigenvalue weighted by Gasteiger charge is 2.11. The third-order valence-electron chi connectivity index (χ3n) is 3.34. The van der Waals surface area contributed by atoms with Crippen molar-refractivity contribution < 1.29 is 4.74 Å². The van der Waals surface area contributed by atoms with Crippen LogP contribution in [0.3, 0.4) is 0 Å². The number of rotatable bonds is 8. The van der Waals surface area contributed by atoms with Crippen molar-refractivity contribution in [1.29, 1.82) is 0 Å². The smallest absolute Gasteiger partial charge is 0.0946 e. The van der Waals surface area contributed by atoms with Gasteiger partial charge in [-0.25, -0.2) is 4.98 Å². The summed E-state index contributed by atoms with van der Waals surface area (Å²) < 4.78 is 8.09. The highest BCUT2D eigenvalue weighted by atomic mass is 35.5. The van der Waals surface area contributed by atoms with Crippen LogP contribution in [0, 0.1) is 0 Å². The molecule has 1 atom stereocenters. The lowest BCUT2D eigenvalue weighted by Crippen LogP contribution is -2.19. The molecule has 114 valence electrons. The number of unbranched alkanes of at least 4 members (excludes halogenated alkanes) is 1. The SMILES string of the molecule is CCCCC(Cn1ccnc1)OCc1ccc(Cl)cc1Cl. The Balaban J connectivity index is 1.94. The van der Waals surface area contributed by atoms with Gasteiger partial charge in [0.25, 0.3) is 0 Å². The molecule has 21 heavy (non-hydrogen) atoms. The highest BCUT2D eigenvalue weighted by Crippen LogP contribution is 2.22. The molecular formula is C16H20Cl2N2O. The average Bonchev–Trinajstić information content (AvgIpc) is 2.96. The lowest BCUT2D eigenvalue weighted by molar-refractivity contribution is 0.0224. The molecule has 0 saturated heterocycles. The summed E-state index contributed by atoms with van der Waals surface area (Å²) in [5, 5.41) is 1.30. The van der Waals surface area contributed by atoms with Crippen molar-refractivity contribution in [3.8, 4) is 0 Å². The normalized spacial score (nSPS) is 12.5. The molecule has 0 fully saturated rings. The van der Waals surface area contributed by atoms with Crippen LogP contribution in [0.1, 0.15) is 31.7 Å². The molecule has 0 saturated carbocycles. The molecule has 0 N–H and O–H groups in total. The van der Waals surface area contributed by atoms with Crippen molar-refractivity contribution in [2.45, 2.75) is 45.4 Å². The van der Waals surface area contributed by atoms with Crippen LogP contribution in [0.25, 0.3) is 0 Å². The predicted molar refractivity (Wildman–Crippen MR) is 86.8 cm³/mol. The van der Waals surface area contributed by atoms with Gasteiger partial charge in [0.1, 0.15) is 0 Å². The molecule has 1 unspecified atom stereocenters. The molecule has 0 aliphatic carbocycles. The largest absolute Gasteiger partial charge is 0.372 e. The van der Waals surface area contributed by atoms with Gasteiger partial charge in [0.2, 0.25) is 0 Å². The number of imidazole rings is 1. The molecule has 0 aliphatic rings. The monoisotopic (exact) mass is 326 g/mol. The molecule has 3 nitrogen and oxygen atoms in total. The number of benzene rings is 1. The fourth-order valence-corrected chi connectivity index (χ4v) is 2.60. The molecule has 5 heteroatoms. The molecule has 0 amide bonds. The Morgan fingerprint density at radius 1 is 1.33 bits per heavy atom. The van der Waals surface area contributed by atoms with E-state index in [0.717, 1.165) is 31.4 Å². The van der Waals surface area contributed by atoms with E-state index in [1.54, 1.807) is 12.3 Å². The zero-order valence-corrected chi connectivity index (χ0v) is 13.6. The molecular weight excluding hydrogens is 307 g/mol. The van der Waals surface area contributed by atoms with Gasteiger partial charge in [-0.3, -0.25) is 0 Å². The Kier molecular flexibility index (Phi) is 6.55. The van der Waals surface area contributed by atoms with Crippen molar-refractivity contribution in [3.05, 3.63) is 52.5 Å². The van der Waals surface area contributed by atoms with Crippen LogP contribution in [0.4, 0.5) is 0 Å². The van der Waals surface area contributed by atoms with E-state index < -0.39 is 0 Å². The summed E-state index contributed by atoms with van der Waals surface area (Å²) in [6.45, 7) is 3.49. The van der Waals surface area contributed by atoms with Crippen molar-refractivity contribution in [3.63, 3.8) is 0 Å². The molecule has 0 radical (unpaired) electrons. The summed E-state index contributed by atoms with van der Waals surface area (Å²) >= 11 is 12.1. The standard InChI is InChI=1S/C16H20Cl2N2O/c1-2-3-4-15(10-20-8-7-19-12-20)21-11-13-5-6-14(17)9-16(13)18/h5-9,12,15H,2-4,10-11H2,1H3. The topological polar surface area (TPSA) is 27.1 Å². The van der Waals surface area contributed by atoms with Gasteiger partial charge < -0.3 is 9.30 Å². The number of halogens is 2. The maximum Gasteiger partial charge on any atom is 0.0946 e. The molecule has 1 heterocycles. The van der Waals surface area contributed by atoms with E-state index in [-0.39, 0.29) is 6.10 Å². The molecule has 0 spiro atoms. The molecule has 2 rings (SSSR count). The third kappa shape index (κ3) is 5.34. The zero-order chi connectivity index (χ0) is 15.1. The first-order valence-electron chi connectivity index (χ1n) is 7.20. The van der Waals surface area contributed by atoms with Crippen LogP contribution in [0.5, 0.6) is 0 Å². The lowest BCUT2D eigenvalue weighted by Gasteiger charge is -2.19. The van der Waals surface area contributed by atoms with Gasteiger partial charge in [-0.1, -0.05) is 49.0 Å². The highest BCUT2D eigenvalue weighted by molar-refractivity contribution is 6.35. The number of hydrogen-bond donors (Lipinski definition) is 0. The van der Waals surface area contributed by atoms with E-state index in [0.29, 0.717) is 16.7 Å². The fourth-order valence-electron chi connectivity index (χ4n) is 2.14. The molecule has 1 aromatic carbocycles. The Bertz CT molecular complexity index is 543. The minimum Gasteiger partial charge on any atom is -0.372 e. The molecule has 0 aliphatic heterocycles. The zero-order valence-electron chi connectivity index (χ0n) is 12.1. The number of hydrogen-bond acceptors (Lipinski definition) is 2. The van der Waals surface area contributed by atoms with Crippen LogP contribution in [0.15, 0.2) is 36.9 Å². The van der Waals surface area contributed by atoms with Gasteiger partial charge in [0.15, 0.2) is 0 Å². The van der Waals surface area contributed by atoms with Crippen LogP contribution in [-0.4, -0.2) is 15.7 Å². The summed E-state index contributed by atoms with van der Waals surface area (Å²) in [6, 6.07) is 5.50. The minimum absolute atomic E-state index is 0.158. The van der Waals surface area contributed by atoms with E-state index >= 15 is 0 Å². The maximum atomic E-state index is 6.18. The van der Waals surface area contributed by atoms with Gasteiger partial charge in [-0.05, 0) is 24.1 Å². The van der Waals surface area contributed by atoms with E-state index in [9.17, 15) is 0 Å². The summed E-state index contributed by atoms with van der Waals surface area (Å²) in [5.41, 5.74) is 0.966. The Labute approximate surface area is 135 Å². The van der Waals surface area contributed by atoms with Crippen molar-refractivity contribution in [2.75, 3.05) is 0 Å². The van der Waals surface area contributed by atoms with Gasteiger partial charge >= 0.3 is 0 Å². The van der Waals surface area contributed by atoms with E-state index in [1.165, 1.54) is 0 Å². The van der Waals surface area contributed by atoms with Gasteiger partial charge in [0.05, 0.1) is 19.0 Å². The Morgan fingerprint density at radius 2 is 2.19 bits per heavy atom. The van der Waals surface area contributed by atoms with Crippen molar-refractivity contribution >= 4 is 23.2 Å². The first-order valence-corrected chi connectivity index (χ1v) is 7.96. The van der Waals surface area contributed by atoms with E-state index in [1.807, 2.05) is 29.2 Å². The second kappa shape index (κ2) is 8.42. The van der Waals surface area contributed by atoms with Crippen molar-refractivity contribution in [2.24, 2.45) is 0 Å². The van der Waals surface area contributed by atoms with Gasteiger partial charge in [-0.15, -0.1) is 0 Å². The number of ether oxygens (including phenoxy) is 1. The third-order valence-corrected chi connectivity index (χ3v) is 3.93. The predicted octanol–water partition coefficient (Wildman–Crippen LogP) is 4.97. The minimum atomic E-state index is 0.158. The van der Waals surface area contributed by atoms with Gasteiger partial charge in [-0.2, -0.15) is 0 Å². The van der Waals surface area contributed by atoms with Crippen LogP contribution < -0.4 is 0 Å². The number of nitrogens with zero attached hydrogens (tertiary/aromatic N) is 2. The summed E-state index contributed by atoms with van der Waals surface area (Å²) in [4.78, 5) is 4.07.